The van der Waals surface area contributed by atoms with Crippen molar-refractivity contribution in [3.05, 3.63) is 34.5 Å². The van der Waals surface area contributed by atoms with E-state index < -0.39 is 0 Å². The van der Waals surface area contributed by atoms with Crippen molar-refractivity contribution in [2.75, 3.05) is 0 Å². The second kappa shape index (κ2) is 17.0. The standard InChI is InChI=1S/C28H46S2/c1-3-5-7-9-11-12-14-16-19-25(18-15-13-10-8-6-4-2)24-26-21-23-30-28(26)27-20-17-22-29-27/h17,20-23,25H,3-16,18-19,24H2,1-2H3. The molecular weight excluding hydrogens is 400 g/mol. The molecule has 1 unspecified atom stereocenters. The van der Waals surface area contributed by atoms with Crippen LogP contribution < -0.4 is 0 Å². The van der Waals surface area contributed by atoms with Gasteiger partial charge in [-0.05, 0) is 40.8 Å². The molecule has 2 aromatic heterocycles. The normalized spacial score (nSPS) is 12.5. The van der Waals surface area contributed by atoms with Gasteiger partial charge in [0, 0.05) is 9.75 Å². The second-order valence-corrected chi connectivity index (χ2v) is 11.0. The third-order valence-electron chi connectivity index (χ3n) is 6.43. The zero-order chi connectivity index (χ0) is 21.3. The Morgan fingerprint density at radius 2 is 1.20 bits per heavy atom. The Hall–Kier alpha value is -0.600. The minimum Gasteiger partial charge on any atom is -0.143 e. The summed E-state index contributed by atoms with van der Waals surface area (Å²) in [7, 11) is 0. The summed E-state index contributed by atoms with van der Waals surface area (Å²) in [6, 6.07) is 6.89. The van der Waals surface area contributed by atoms with E-state index in [2.05, 4.69) is 42.8 Å². The maximum atomic E-state index is 2.40. The summed E-state index contributed by atoms with van der Waals surface area (Å²) in [6.07, 6.45) is 24.1. The molecule has 2 rings (SSSR count). The molecule has 0 N–H and O–H groups in total. The molecule has 1 atom stereocenters. The molecule has 2 heterocycles. The van der Waals surface area contributed by atoms with Gasteiger partial charge in [0.25, 0.3) is 0 Å². The first-order chi connectivity index (χ1) is 14.8. The molecule has 2 heteroatoms. The molecule has 0 aliphatic heterocycles. The van der Waals surface area contributed by atoms with E-state index in [0.717, 1.165) is 5.92 Å². The summed E-state index contributed by atoms with van der Waals surface area (Å²) in [5, 5.41) is 4.52. The Bertz CT molecular complexity index is 610. The lowest BCUT2D eigenvalue weighted by atomic mass is 9.88. The first kappa shape index (κ1) is 25.7. The highest BCUT2D eigenvalue weighted by molar-refractivity contribution is 7.20. The van der Waals surface area contributed by atoms with Crippen LogP contribution in [0.2, 0.25) is 0 Å². The highest BCUT2D eigenvalue weighted by Crippen LogP contribution is 2.35. The van der Waals surface area contributed by atoms with Gasteiger partial charge in [0.1, 0.15) is 0 Å². The van der Waals surface area contributed by atoms with Crippen molar-refractivity contribution < 1.29 is 0 Å². The Labute approximate surface area is 195 Å². The van der Waals surface area contributed by atoms with Gasteiger partial charge in [-0.3, -0.25) is 0 Å². The zero-order valence-electron chi connectivity index (χ0n) is 19.8. The second-order valence-electron chi connectivity index (χ2n) is 9.14. The molecular formula is C28H46S2. The summed E-state index contributed by atoms with van der Waals surface area (Å²) in [5.41, 5.74) is 1.61. The van der Waals surface area contributed by atoms with Crippen molar-refractivity contribution >= 4 is 22.7 Å². The molecule has 0 amide bonds. The summed E-state index contributed by atoms with van der Waals surface area (Å²) >= 11 is 3.83. The van der Waals surface area contributed by atoms with Gasteiger partial charge >= 0.3 is 0 Å². The topological polar surface area (TPSA) is 0 Å². The molecule has 0 radical (unpaired) electrons. The van der Waals surface area contributed by atoms with Crippen molar-refractivity contribution in [3.63, 3.8) is 0 Å². The van der Waals surface area contributed by atoms with Gasteiger partial charge in [-0.2, -0.15) is 0 Å². The lowest BCUT2D eigenvalue weighted by molar-refractivity contribution is 0.401. The zero-order valence-corrected chi connectivity index (χ0v) is 21.4. The molecule has 0 fully saturated rings. The average Bonchev–Trinajstić information content (AvgIpc) is 3.44. The summed E-state index contributed by atoms with van der Waals surface area (Å²) in [6.45, 7) is 4.62. The number of unbranched alkanes of at least 4 members (excludes halogenated alkanes) is 12. The maximum absolute atomic E-state index is 2.40. The SMILES string of the molecule is CCCCCCCCCCC(CCCCCCCC)Cc1ccsc1-c1cccs1. The van der Waals surface area contributed by atoms with Crippen LogP contribution in [0.15, 0.2) is 29.0 Å². The lowest BCUT2D eigenvalue weighted by Gasteiger charge is -2.17. The van der Waals surface area contributed by atoms with Gasteiger partial charge in [-0.25, -0.2) is 0 Å². The van der Waals surface area contributed by atoms with E-state index in [-0.39, 0.29) is 0 Å². The monoisotopic (exact) mass is 446 g/mol. The molecule has 2 aromatic rings. The third-order valence-corrected chi connectivity index (χ3v) is 8.44. The van der Waals surface area contributed by atoms with Crippen LogP contribution in [0.25, 0.3) is 9.75 Å². The Morgan fingerprint density at radius 1 is 0.633 bits per heavy atom. The van der Waals surface area contributed by atoms with Gasteiger partial charge in [0.05, 0.1) is 0 Å². The summed E-state index contributed by atoms with van der Waals surface area (Å²) in [4.78, 5) is 3.00. The molecule has 170 valence electrons. The molecule has 0 nitrogen and oxygen atoms in total. The van der Waals surface area contributed by atoms with Crippen molar-refractivity contribution in [1.29, 1.82) is 0 Å². The van der Waals surface area contributed by atoms with E-state index in [9.17, 15) is 0 Å². The van der Waals surface area contributed by atoms with Crippen LogP contribution in [0.3, 0.4) is 0 Å². The predicted octanol–water partition coefficient (Wildman–Crippen LogP) is 10.9. The van der Waals surface area contributed by atoms with Crippen LogP contribution in [0, 0.1) is 5.92 Å². The summed E-state index contributed by atoms with van der Waals surface area (Å²) < 4.78 is 0. The van der Waals surface area contributed by atoms with Gasteiger partial charge in [-0.15, -0.1) is 22.7 Å². The van der Waals surface area contributed by atoms with Crippen LogP contribution in [0.1, 0.15) is 122 Å². The van der Waals surface area contributed by atoms with Gasteiger partial charge in [0.15, 0.2) is 0 Å². The smallest absolute Gasteiger partial charge is 0.0474 e. The number of hydrogen-bond donors (Lipinski definition) is 0. The Balaban J connectivity index is 1.77. The minimum atomic E-state index is 0.879. The van der Waals surface area contributed by atoms with Crippen LogP contribution in [-0.4, -0.2) is 0 Å². The molecule has 0 aromatic carbocycles. The number of rotatable bonds is 19. The molecule has 0 spiro atoms. The number of thiophene rings is 2. The lowest BCUT2D eigenvalue weighted by Crippen LogP contribution is -2.05. The van der Waals surface area contributed by atoms with E-state index in [0.29, 0.717) is 0 Å². The molecule has 0 saturated carbocycles. The first-order valence-corrected chi connectivity index (χ1v) is 14.7. The minimum absolute atomic E-state index is 0.879. The maximum Gasteiger partial charge on any atom is 0.0474 e. The third kappa shape index (κ3) is 10.6. The fourth-order valence-electron chi connectivity index (χ4n) is 4.56. The van der Waals surface area contributed by atoms with Crippen LogP contribution >= 0.6 is 22.7 Å². The molecule has 0 aliphatic carbocycles. The van der Waals surface area contributed by atoms with Crippen molar-refractivity contribution in [3.8, 4) is 9.75 Å². The Kier molecular flexibility index (Phi) is 14.6. The van der Waals surface area contributed by atoms with Gasteiger partial charge in [-0.1, -0.05) is 123 Å². The van der Waals surface area contributed by atoms with Crippen LogP contribution in [0.4, 0.5) is 0 Å². The molecule has 30 heavy (non-hydrogen) atoms. The molecule has 0 saturated heterocycles. The van der Waals surface area contributed by atoms with E-state index in [4.69, 9.17) is 0 Å². The van der Waals surface area contributed by atoms with Crippen molar-refractivity contribution in [2.45, 2.75) is 123 Å². The van der Waals surface area contributed by atoms with Gasteiger partial charge in [0.2, 0.25) is 0 Å². The number of hydrogen-bond acceptors (Lipinski definition) is 2. The predicted molar refractivity (Wildman–Crippen MR) is 140 cm³/mol. The fourth-order valence-corrected chi connectivity index (χ4v) is 6.40. The average molecular weight is 447 g/mol. The van der Waals surface area contributed by atoms with Gasteiger partial charge < -0.3 is 0 Å². The quantitative estimate of drug-likeness (QED) is 0.188. The summed E-state index contributed by atoms with van der Waals surface area (Å²) in [5.74, 6) is 0.879. The van der Waals surface area contributed by atoms with E-state index >= 15 is 0 Å². The fraction of sp³-hybridized carbons (Fsp3) is 0.714. The molecule has 0 bridgehead atoms. The molecule has 0 aliphatic rings. The van der Waals surface area contributed by atoms with Crippen LogP contribution in [-0.2, 0) is 6.42 Å². The van der Waals surface area contributed by atoms with Crippen LogP contribution in [0.5, 0.6) is 0 Å². The van der Waals surface area contributed by atoms with E-state index in [1.165, 1.54) is 119 Å². The first-order valence-electron chi connectivity index (χ1n) is 12.9. The highest BCUT2D eigenvalue weighted by atomic mass is 32.1. The van der Waals surface area contributed by atoms with Crippen molar-refractivity contribution in [2.24, 2.45) is 5.92 Å². The largest absolute Gasteiger partial charge is 0.143 e. The Morgan fingerprint density at radius 3 is 1.73 bits per heavy atom. The highest BCUT2D eigenvalue weighted by Gasteiger charge is 2.15. The van der Waals surface area contributed by atoms with E-state index in [1.807, 2.05) is 22.7 Å². The van der Waals surface area contributed by atoms with Crippen molar-refractivity contribution in [1.82, 2.24) is 0 Å². The van der Waals surface area contributed by atoms with E-state index in [1.54, 1.807) is 5.56 Å².